The molecule has 124 valence electrons. The molecule has 1 saturated heterocycles. The predicted octanol–water partition coefficient (Wildman–Crippen LogP) is 5.13. The highest BCUT2D eigenvalue weighted by Crippen LogP contribution is 2.34. The first-order valence-electron chi connectivity index (χ1n) is 8.37. The van der Waals surface area contributed by atoms with Crippen LogP contribution in [0.4, 0.5) is 0 Å². The van der Waals surface area contributed by atoms with E-state index < -0.39 is 0 Å². The molecule has 2 aromatic rings. The highest BCUT2D eigenvalue weighted by atomic mass is 32.1. The first kappa shape index (κ1) is 16.9. The number of ether oxygens (including phenoxy) is 1. The molecule has 2 nitrogen and oxygen atoms in total. The Hall–Kier alpha value is -0.940. The predicted molar refractivity (Wildman–Crippen MR) is 101 cm³/mol. The number of piperidine rings is 1. The molecule has 0 spiro atoms. The zero-order chi connectivity index (χ0) is 15.9. The lowest BCUT2D eigenvalue weighted by Crippen LogP contribution is -2.32. The van der Waals surface area contributed by atoms with Gasteiger partial charge in [0.05, 0.1) is 0 Å². The van der Waals surface area contributed by atoms with Gasteiger partial charge in [0.2, 0.25) is 0 Å². The summed E-state index contributed by atoms with van der Waals surface area (Å²) in [5.41, 5.74) is 5.93. The molecule has 1 aliphatic rings. The molecule has 0 bridgehead atoms. The lowest BCUT2D eigenvalue weighted by molar-refractivity contribution is 0.181. The first-order valence-corrected chi connectivity index (χ1v) is 10.3. The van der Waals surface area contributed by atoms with E-state index >= 15 is 0 Å². The van der Waals surface area contributed by atoms with Gasteiger partial charge in [0, 0.05) is 26.8 Å². The summed E-state index contributed by atoms with van der Waals surface area (Å²) in [6, 6.07) is 4.53. The van der Waals surface area contributed by atoms with Crippen LogP contribution in [-0.4, -0.2) is 38.3 Å². The zero-order valence-electron chi connectivity index (χ0n) is 13.8. The van der Waals surface area contributed by atoms with E-state index in [2.05, 4.69) is 38.6 Å². The van der Waals surface area contributed by atoms with Crippen LogP contribution < -0.4 is 0 Å². The molecule has 0 aliphatic carbocycles. The summed E-state index contributed by atoms with van der Waals surface area (Å²) >= 11 is 3.58. The van der Waals surface area contributed by atoms with Crippen LogP contribution in [0.2, 0.25) is 0 Å². The standard InChI is InChI=1S/C19H25NOS2/c1-21-11-3-2-8-20-9-4-16(5-10-20)19(17-6-12-22-14-17)18-7-13-23-15-18/h6-7,12-15H,2-5,8-11H2,1H3. The Bertz CT molecular complexity index is 555. The second kappa shape index (κ2) is 8.78. The highest BCUT2D eigenvalue weighted by molar-refractivity contribution is 7.08. The normalized spacial score (nSPS) is 16.0. The van der Waals surface area contributed by atoms with Crippen molar-refractivity contribution in [2.24, 2.45) is 0 Å². The molecule has 1 aliphatic heterocycles. The Kier molecular flexibility index (Phi) is 6.46. The maximum atomic E-state index is 5.14. The number of hydrogen-bond donors (Lipinski definition) is 0. The summed E-state index contributed by atoms with van der Waals surface area (Å²) in [5.74, 6) is 0. The van der Waals surface area contributed by atoms with Gasteiger partial charge < -0.3 is 9.64 Å². The monoisotopic (exact) mass is 347 g/mol. The van der Waals surface area contributed by atoms with Crippen LogP contribution in [0.3, 0.4) is 0 Å². The first-order chi connectivity index (χ1) is 11.4. The summed E-state index contributed by atoms with van der Waals surface area (Å²) in [6.45, 7) is 4.49. The van der Waals surface area contributed by atoms with Gasteiger partial charge in [-0.25, -0.2) is 0 Å². The Balaban J connectivity index is 1.66. The molecule has 3 rings (SSSR count). The van der Waals surface area contributed by atoms with Gasteiger partial charge in [-0.1, -0.05) is 5.57 Å². The van der Waals surface area contributed by atoms with E-state index in [0.29, 0.717) is 0 Å². The molecule has 3 heterocycles. The van der Waals surface area contributed by atoms with Crippen molar-refractivity contribution in [2.45, 2.75) is 25.7 Å². The molecule has 23 heavy (non-hydrogen) atoms. The van der Waals surface area contributed by atoms with Gasteiger partial charge in [0.1, 0.15) is 0 Å². The van der Waals surface area contributed by atoms with Crippen molar-refractivity contribution in [1.29, 1.82) is 0 Å². The van der Waals surface area contributed by atoms with Crippen molar-refractivity contribution in [3.8, 4) is 0 Å². The molecule has 0 N–H and O–H groups in total. The maximum Gasteiger partial charge on any atom is 0.0462 e. The molecule has 0 unspecified atom stereocenters. The van der Waals surface area contributed by atoms with E-state index in [4.69, 9.17) is 4.74 Å². The number of thiophene rings is 2. The van der Waals surface area contributed by atoms with Crippen molar-refractivity contribution in [3.63, 3.8) is 0 Å². The third kappa shape index (κ3) is 4.54. The molecule has 0 aromatic carbocycles. The number of nitrogens with zero attached hydrogens (tertiary/aromatic N) is 1. The van der Waals surface area contributed by atoms with Gasteiger partial charge in [-0.05, 0) is 82.6 Å². The van der Waals surface area contributed by atoms with Crippen molar-refractivity contribution in [3.05, 3.63) is 50.4 Å². The van der Waals surface area contributed by atoms with Gasteiger partial charge in [0.15, 0.2) is 0 Å². The van der Waals surface area contributed by atoms with Crippen molar-refractivity contribution >= 4 is 28.2 Å². The van der Waals surface area contributed by atoms with Crippen LogP contribution in [0.5, 0.6) is 0 Å². The summed E-state index contributed by atoms with van der Waals surface area (Å²) < 4.78 is 5.14. The molecule has 0 radical (unpaired) electrons. The highest BCUT2D eigenvalue weighted by Gasteiger charge is 2.19. The minimum atomic E-state index is 0.888. The molecule has 0 atom stereocenters. The lowest BCUT2D eigenvalue weighted by atomic mass is 9.91. The van der Waals surface area contributed by atoms with Crippen LogP contribution in [0.1, 0.15) is 36.8 Å². The van der Waals surface area contributed by atoms with Gasteiger partial charge in [-0.3, -0.25) is 0 Å². The maximum absolute atomic E-state index is 5.14. The van der Waals surface area contributed by atoms with E-state index in [-0.39, 0.29) is 0 Å². The van der Waals surface area contributed by atoms with Crippen LogP contribution in [0.15, 0.2) is 39.2 Å². The third-order valence-corrected chi connectivity index (χ3v) is 5.87. The Morgan fingerprint density at radius 1 is 1.04 bits per heavy atom. The summed E-state index contributed by atoms with van der Waals surface area (Å²) in [6.07, 6.45) is 4.82. The number of hydrogen-bond acceptors (Lipinski definition) is 4. The van der Waals surface area contributed by atoms with Crippen LogP contribution in [-0.2, 0) is 4.74 Å². The second-order valence-electron chi connectivity index (χ2n) is 6.04. The molecular weight excluding hydrogens is 322 g/mol. The van der Waals surface area contributed by atoms with E-state index in [1.165, 1.54) is 62.0 Å². The Labute approximate surface area is 147 Å². The van der Waals surface area contributed by atoms with E-state index in [1.54, 1.807) is 35.4 Å². The number of unbranched alkanes of at least 4 members (excludes halogenated alkanes) is 1. The molecular formula is C19H25NOS2. The summed E-state index contributed by atoms with van der Waals surface area (Å²) in [4.78, 5) is 2.61. The van der Waals surface area contributed by atoms with Gasteiger partial charge in [0.25, 0.3) is 0 Å². The molecule has 0 saturated carbocycles. The average molecular weight is 348 g/mol. The fraction of sp³-hybridized carbons (Fsp3) is 0.474. The van der Waals surface area contributed by atoms with Crippen LogP contribution in [0.25, 0.3) is 5.57 Å². The quantitative estimate of drug-likeness (QED) is 0.644. The molecule has 2 aromatic heterocycles. The Morgan fingerprint density at radius 2 is 1.70 bits per heavy atom. The fourth-order valence-electron chi connectivity index (χ4n) is 3.27. The minimum Gasteiger partial charge on any atom is -0.385 e. The smallest absolute Gasteiger partial charge is 0.0462 e. The van der Waals surface area contributed by atoms with Gasteiger partial charge >= 0.3 is 0 Å². The minimum absolute atomic E-state index is 0.888. The SMILES string of the molecule is COCCCCN1CCC(=C(c2ccsc2)c2ccsc2)CC1. The summed E-state index contributed by atoms with van der Waals surface area (Å²) in [7, 11) is 1.79. The van der Waals surface area contributed by atoms with E-state index in [0.717, 1.165) is 6.61 Å². The topological polar surface area (TPSA) is 12.5 Å². The average Bonchev–Trinajstić information content (AvgIpc) is 3.28. The second-order valence-corrected chi connectivity index (χ2v) is 7.60. The number of methoxy groups -OCH3 is 1. The molecule has 4 heteroatoms. The number of rotatable bonds is 7. The van der Waals surface area contributed by atoms with Gasteiger partial charge in [-0.2, -0.15) is 22.7 Å². The third-order valence-electron chi connectivity index (χ3n) is 4.51. The van der Waals surface area contributed by atoms with E-state index in [1.807, 2.05) is 0 Å². The fourth-order valence-corrected chi connectivity index (χ4v) is 4.56. The molecule has 1 fully saturated rings. The zero-order valence-corrected chi connectivity index (χ0v) is 15.4. The Morgan fingerprint density at radius 3 is 2.22 bits per heavy atom. The largest absolute Gasteiger partial charge is 0.385 e. The van der Waals surface area contributed by atoms with E-state index in [9.17, 15) is 0 Å². The van der Waals surface area contributed by atoms with Crippen molar-refractivity contribution in [2.75, 3.05) is 33.4 Å². The van der Waals surface area contributed by atoms with Crippen molar-refractivity contribution < 1.29 is 4.74 Å². The van der Waals surface area contributed by atoms with Crippen molar-refractivity contribution in [1.82, 2.24) is 4.90 Å². The van der Waals surface area contributed by atoms with Crippen LogP contribution in [0, 0.1) is 0 Å². The number of likely N-dealkylation sites (tertiary alicyclic amines) is 1. The lowest BCUT2D eigenvalue weighted by Gasteiger charge is -2.29. The summed E-state index contributed by atoms with van der Waals surface area (Å²) in [5, 5.41) is 8.95. The van der Waals surface area contributed by atoms with Gasteiger partial charge in [-0.15, -0.1) is 0 Å². The molecule has 0 amide bonds. The van der Waals surface area contributed by atoms with Crippen LogP contribution >= 0.6 is 22.7 Å².